The van der Waals surface area contributed by atoms with Crippen molar-refractivity contribution >= 4 is 10.0 Å². The van der Waals surface area contributed by atoms with E-state index in [-0.39, 0.29) is 11.7 Å². The van der Waals surface area contributed by atoms with E-state index in [4.69, 9.17) is 9.88 Å². The Morgan fingerprint density at radius 3 is 2.58 bits per heavy atom. The van der Waals surface area contributed by atoms with Gasteiger partial charge in [-0.05, 0) is 36.8 Å². The monoisotopic (exact) mass is 285 g/mol. The highest BCUT2D eigenvalue weighted by atomic mass is 32.2. The number of aryl methyl sites for hydroxylation is 1. The van der Waals surface area contributed by atoms with Crippen LogP contribution in [-0.2, 0) is 16.4 Å². The summed E-state index contributed by atoms with van der Waals surface area (Å²) in [6.45, 7) is 4.71. The number of primary sulfonamides is 1. The zero-order valence-corrected chi connectivity index (χ0v) is 12.4. The molecule has 1 unspecified atom stereocenters. The topological polar surface area (TPSA) is 69.4 Å². The molecule has 1 atom stereocenters. The van der Waals surface area contributed by atoms with Crippen LogP contribution in [-0.4, -0.2) is 20.8 Å². The second-order valence-corrected chi connectivity index (χ2v) is 6.59. The molecule has 1 aromatic carbocycles. The van der Waals surface area contributed by atoms with Crippen LogP contribution in [0.1, 0.15) is 32.3 Å². The molecule has 19 heavy (non-hydrogen) atoms. The van der Waals surface area contributed by atoms with Crippen LogP contribution in [0.15, 0.2) is 24.3 Å². The maximum Gasteiger partial charge on any atom is 0.209 e. The second kappa shape index (κ2) is 7.50. The van der Waals surface area contributed by atoms with Gasteiger partial charge < -0.3 is 4.74 Å². The van der Waals surface area contributed by atoms with Gasteiger partial charge in [0.15, 0.2) is 0 Å². The highest BCUT2D eigenvalue weighted by Crippen LogP contribution is 2.19. The third kappa shape index (κ3) is 6.59. The molecule has 2 N–H and O–H groups in total. The molecule has 0 amide bonds. The van der Waals surface area contributed by atoms with Crippen LogP contribution in [0.25, 0.3) is 0 Å². The summed E-state index contributed by atoms with van der Waals surface area (Å²) >= 11 is 0. The normalized spacial score (nSPS) is 13.2. The number of para-hydroxylation sites is 1. The van der Waals surface area contributed by atoms with E-state index in [1.165, 1.54) is 5.56 Å². The van der Waals surface area contributed by atoms with Gasteiger partial charge in [-0.1, -0.05) is 32.0 Å². The fraction of sp³-hybridized carbons (Fsp3) is 0.571. The molecule has 108 valence electrons. The quantitative estimate of drug-likeness (QED) is 0.797. The molecule has 0 aliphatic rings. The SMILES string of the molecule is CCc1ccccc1OCCC(C)CCS(N)(=O)=O. The van der Waals surface area contributed by atoms with E-state index < -0.39 is 10.0 Å². The third-order valence-corrected chi connectivity index (χ3v) is 3.92. The van der Waals surface area contributed by atoms with Crippen LogP contribution in [0.5, 0.6) is 5.75 Å². The van der Waals surface area contributed by atoms with Crippen molar-refractivity contribution in [3.8, 4) is 5.75 Å². The standard InChI is InChI=1S/C14H23NO3S/c1-3-13-6-4-5-7-14(13)18-10-8-12(2)9-11-19(15,16)17/h4-7,12H,3,8-11H2,1-2H3,(H2,15,16,17). The van der Waals surface area contributed by atoms with Gasteiger partial charge in [-0.25, -0.2) is 13.6 Å². The summed E-state index contributed by atoms with van der Waals surface area (Å²) in [5.41, 5.74) is 1.19. The molecule has 1 aromatic rings. The Morgan fingerprint density at radius 2 is 1.95 bits per heavy atom. The van der Waals surface area contributed by atoms with E-state index in [2.05, 4.69) is 13.0 Å². The Balaban J connectivity index is 2.33. The van der Waals surface area contributed by atoms with Crippen molar-refractivity contribution in [1.82, 2.24) is 0 Å². The molecule has 0 aliphatic carbocycles. The molecule has 0 aliphatic heterocycles. The van der Waals surface area contributed by atoms with E-state index >= 15 is 0 Å². The fourth-order valence-corrected chi connectivity index (χ4v) is 2.55. The average molecular weight is 285 g/mol. The van der Waals surface area contributed by atoms with Crippen molar-refractivity contribution in [3.63, 3.8) is 0 Å². The molecular formula is C14H23NO3S. The molecule has 4 nitrogen and oxygen atoms in total. The summed E-state index contributed by atoms with van der Waals surface area (Å²) in [6.07, 6.45) is 2.35. The summed E-state index contributed by atoms with van der Waals surface area (Å²) in [4.78, 5) is 0. The summed E-state index contributed by atoms with van der Waals surface area (Å²) in [7, 11) is -3.35. The fourth-order valence-electron chi connectivity index (χ4n) is 1.82. The molecule has 0 saturated carbocycles. The van der Waals surface area contributed by atoms with Crippen LogP contribution < -0.4 is 9.88 Å². The van der Waals surface area contributed by atoms with E-state index in [0.29, 0.717) is 13.0 Å². The zero-order chi connectivity index (χ0) is 14.3. The number of rotatable bonds is 8. The van der Waals surface area contributed by atoms with Gasteiger partial charge in [0.25, 0.3) is 0 Å². The maximum absolute atomic E-state index is 10.9. The van der Waals surface area contributed by atoms with Gasteiger partial charge in [-0.3, -0.25) is 0 Å². The third-order valence-electron chi connectivity index (χ3n) is 3.12. The first-order valence-electron chi connectivity index (χ1n) is 6.63. The number of ether oxygens (including phenoxy) is 1. The Bertz CT molecular complexity index is 485. The van der Waals surface area contributed by atoms with E-state index in [9.17, 15) is 8.42 Å². The molecule has 0 fully saturated rings. The Kier molecular flexibility index (Phi) is 6.31. The minimum atomic E-state index is -3.35. The number of hydrogen-bond acceptors (Lipinski definition) is 3. The van der Waals surface area contributed by atoms with Crippen molar-refractivity contribution in [2.45, 2.75) is 33.1 Å². The van der Waals surface area contributed by atoms with Crippen molar-refractivity contribution < 1.29 is 13.2 Å². The van der Waals surface area contributed by atoms with Crippen LogP contribution in [0.2, 0.25) is 0 Å². The number of nitrogens with two attached hydrogens (primary N) is 1. The summed E-state index contributed by atoms with van der Waals surface area (Å²) < 4.78 is 27.5. The summed E-state index contributed by atoms with van der Waals surface area (Å²) in [6, 6.07) is 7.98. The van der Waals surface area contributed by atoms with Crippen LogP contribution in [0, 0.1) is 5.92 Å². The molecule has 1 rings (SSSR count). The first-order chi connectivity index (χ1) is 8.92. The van der Waals surface area contributed by atoms with E-state index in [0.717, 1.165) is 18.6 Å². The predicted octanol–water partition coefficient (Wildman–Crippen LogP) is 2.33. The lowest BCUT2D eigenvalue weighted by atomic mass is 10.1. The minimum Gasteiger partial charge on any atom is -0.493 e. The summed E-state index contributed by atoms with van der Waals surface area (Å²) in [5, 5.41) is 4.98. The molecule has 0 spiro atoms. The number of benzene rings is 1. The van der Waals surface area contributed by atoms with E-state index in [1.807, 2.05) is 25.1 Å². The van der Waals surface area contributed by atoms with Crippen molar-refractivity contribution in [1.29, 1.82) is 0 Å². The van der Waals surface area contributed by atoms with Gasteiger partial charge >= 0.3 is 0 Å². The lowest BCUT2D eigenvalue weighted by Gasteiger charge is -2.13. The Labute approximate surface area is 116 Å². The van der Waals surface area contributed by atoms with Crippen LogP contribution >= 0.6 is 0 Å². The highest BCUT2D eigenvalue weighted by Gasteiger charge is 2.09. The van der Waals surface area contributed by atoms with Crippen molar-refractivity contribution in [2.24, 2.45) is 11.1 Å². The van der Waals surface area contributed by atoms with Gasteiger partial charge in [-0.2, -0.15) is 0 Å². The van der Waals surface area contributed by atoms with Gasteiger partial charge in [-0.15, -0.1) is 0 Å². The predicted molar refractivity (Wildman–Crippen MR) is 77.7 cm³/mol. The number of sulfonamides is 1. The van der Waals surface area contributed by atoms with Crippen LogP contribution in [0.4, 0.5) is 0 Å². The van der Waals surface area contributed by atoms with Gasteiger partial charge in [0.2, 0.25) is 10.0 Å². The van der Waals surface area contributed by atoms with Crippen molar-refractivity contribution in [3.05, 3.63) is 29.8 Å². The first-order valence-corrected chi connectivity index (χ1v) is 8.35. The lowest BCUT2D eigenvalue weighted by Crippen LogP contribution is -2.18. The molecule has 0 saturated heterocycles. The molecule has 0 heterocycles. The number of hydrogen-bond donors (Lipinski definition) is 1. The van der Waals surface area contributed by atoms with E-state index in [1.54, 1.807) is 0 Å². The van der Waals surface area contributed by atoms with Crippen molar-refractivity contribution in [2.75, 3.05) is 12.4 Å². The zero-order valence-electron chi connectivity index (χ0n) is 11.6. The second-order valence-electron chi connectivity index (χ2n) is 4.86. The molecule has 0 radical (unpaired) electrons. The molecular weight excluding hydrogens is 262 g/mol. The first kappa shape index (κ1) is 16.0. The smallest absolute Gasteiger partial charge is 0.209 e. The molecule has 0 aromatic heterocycles. The minimum absolute atomic E-state index is 0.0414. The maximum atomic E-state index is 10.9. The van der Waals surface area contributed by atoms with Gasteiger partial charge in [0.1, 0.15) is 5.75 Å². The molecule has 5 heteroatoms. The highest BCUT2D eigenvalue weighted by molar-refractivity contribution is 7.89. The lowest BCUT2D eigenvalue weighted by molar-refractivity contribution is 0.279. The average Bonchev–Trinajstić information content (AvgIpc) is 2.36. The summed E-state index contributed by atoms with van der Waals surface area (Å²) in [5.74, 6) is 1.25. The van der Waals surface area contributed by atoms with Gasteiger partial charge in [0, 0.05) is 0 Å². The van der Waals surface area contributed by atoms with Gasteiger partial charge in [0.05, 0.1) is 12.4 Å². The Morgan fingerprint density at radius 1 is 1.26 bits per heavy atom. The molecule has 0 bridgehead atoms. The van der Waals surface area contributed by atoms with Crippen LogP contribution in [0.3, 0.4) is 0 Å². The Hall–Kier alpha value is -1.07. The largest absolute Gasteiger partial charge is 0.493 e.